The summed E-state index contributed by atoms with van der Waals surface area (Å²) < 4.78 is 17.1. The van der Waals surface area contributed by atoms with Crippen LogP contribution in [0.2, 0.25) is 0 Å². The van der Waals surface area contributed by atoms with Crippen LogP contribution in [0.15, 0.2) is 18.2 Å². The lowest BCUT2D eigenvalue weighted by Gasteiger charge is -2.20. The van der Waals surface area contributed by atoms with Crippen molar-refractivity contribution in [1.29, 1.82) is 0 Å². The van der Waals surface area contributed by atoms with E-state index < -0.39 is 0 Å². The lowest BCUT2D eigenvalue weighted by Crippen LogP contribution is -2.24. The molecule has 0 aromatic heterocycles. The first-order chi connectivity index (χ1) is 9.54. The van der Waals surface area contributed by atoms with Gasteiger partial charge in [0.2, 0.25) is 0 Å². The summed E-state index contributed by atoms with van der Waals surface area (Å²) in [4.78, 5) is 0. The molecular weight excluding hydrogens is 254 g/mol. The Kier molecular flexibility index (Phi) is 4.89. The molecule has 1 N–H and O–H groups in total. The van der Waals surface area contributed by atoms with E-state index >= 15 is 0 Å². The van der Waals surface area contributed by atoms with Crippen LogP contribution in [0.4, 0.5) is 0 Å². The van der Waals surface area contributed by atoms with E-state index in [1.165, 1.54) is 0 Å². The minimum absolute atomic E-state index is 0.0122. The third-order valence-electron chi connectivity index (χ3n) is 3.61. The second kappa shape index (κ2) is 6.46. The quantitative estimate of drug-likeness (QED) is 0.869. The number of ether oxygens (including phenoxy) is 3. The van der Waals surface area contributed by atoms with Crippen LogP contribution in [-0.2, 0) is 11.3 Å². The Bertz CT molecular complexity index is 445. The van der Waals surface area contributed by atoms with Gasteiger partial charge in [0.1, 0.15) is 18.1 Å². The lowest BCUT2D eigenvalue weighted by molar-refractivity contribution is -0.0327. The smallest absolute Gasteiger partial charge is 0.124 e. The Morgan fingerprint density at radius 1 is 1.40 bits per heavy atom. The van der Waals surface area contributed by atoms with Crippen LogP contribution < -0.4 is 14.8 Å². The van der Waals surface area contributed by atoms with Gasteiger partial charge in [-0.05, 0) is 51.9 Å². The molecule has 0 aliphatic carbocycles. The van der Waals surface area contributed by atoms with Crippen molar-refractivity contribution < 1.29 is 14.2 Å². The summed E-state index contributed by atoms with van der Waals surface area (Å²) in [5, 5.41) is 3.15. The van der Waals surface area contributed by atoms with E-state index in [0.29, 0.717) is 6.61 Å². The molecule has 0 bridgehead atoms. The Labute approximate surface area is 121 Å². The van der Waals surface area contributed by atoms with E-state index in [4.69, 9.17) is 14.2 Å². The highest BCUT2D eigenvalue weighted by Crippen LogP contribution is 2.30. The summed E-state index contributed by atoms with van der Waals surface area (Å²) in [5.41, 5.74) is 1.09. The van der Waals surface area contributed by atoms with Gasteiger partial charge in [0.25, 0.3) is 0 Å². The van der Waals surface area contributed by atoms with Crippen molar-refractivity contribution in [2.45, 2.75) is 44.9 Å². The Balaban J connectivity index is 1.98. The molecule has 2 rings (SSSR count). The van der Waals surface area contributed by atoms with E-state index in [1.807, 2.05) is 25.2 Å². The molecule has 1 aliphatic heterocycles. The average molecular weight is 279 g/mol. The van der Waals surface area contributed by atoms with Crippen LogP contribution in [0.5, 0.6) is 11.5 Å². The first-order valence-electron chi connectivity index (χ1n) is 7.16. The van der Waals surface area contributed by atoms with Gasteiger partial charge in [0, 0.05) is 12.1 Å². The maximum atomic E-state index is 5.95. The van der Waals surface area contributed by atoms with Crippen molar-refractivity contribution >= 4 is 0 Å². The summed E-state index contributed by atoms with van der Waals surface area (Å²) >= 11 is 0. The van der Waals surface area contributed by atoms with Crippen LogP contribution in [-0.4, -0.2) is 32.5 Å². The van der Waals surface area contributed by atoms with Gasteiger partial charge in [0.05, 0.1) is 18.8 Å². The highest BCUT2D eigenvalue weighted by molar-refractivity contribution is 5.40. The molecule has 1 aromatic carbocycles. The molecular formula is C16H25NO3. The third-order valence-corrected chi connectivity index (χ3v) is 3.61. The van der Waals surface area contributed by atoms with Gasteiger partial charge < -0.3 is 19.5 Å². The molecule has 1 fully saturated rings. The molecule has 112 valence electrons. The molecule has 20 heavy (non-hydrogen) atoms. The molecule has 1 atom stereocenters. The van der Waals surface area contributed by atoms with Gasteiger partial charge >= 0.3 is 0 Å². The third kappa shape index (κ3) is 3.87. The summed E-state index contributed by atoms with van der Waals surface area (Å²) in [6.07, 6.45) is 2.34. The van der Waals surface area contributed by atoms with E-state index in [0.717, 1.165) is 36.4 Å². The van der Waals surface area contributed by atoms with Gasteiger partial charge in [0.15, 0.2) is 0 Å². The molecule has 4 heteroatoms. The Morgan fingerprint density at radius 3 is 2.80 bits per heavy atom. The van der Waals surface area contributed by atoms with E-state index in [-0.39, 0.29) is 11.7 Å². The predicted octanol–water partition coefficient (Wildman–Crippen LogP) is 2.75. The second-order valence-electron chi connectivity index (χ2n) is 5.85. The first-order valence-corrected chi connectivity index (χ1v) is 7.16. The summed E-state index contributed by atoms with van der Waals surface area (Å²) in [7, 11) is 3.60. The average Bonchev–Trinajstić information content (AvgIpc) is 2.77. The molecule has 0 saturated carbocycles. The number of benzene rings is 1. The van der Waals surface area contributed by atoms with Crippen molar-refractivity contribution in [3.05, 3.63) is 23.8 Å². The molecule has 1 aromatic rings. The van der Waals surface area contributed by atoms with Crippen molar-refractivity contribution in [2.24, 2.45) is 0 Å². The molecule has 0 amide bonds. The highest BCUT2D eigenvalue weighted by atomic mass is 16.6. The van der Waals surface area contributed by atoms with Gasteiger partial charge in [-0.25, -0.2) is 0 Å². The maximum absolute atomic E-state index is 5.95. The first kappa shape index (κ1) is 15.1. The van der Waals surface area contributed by atoms with Crippen molar-refractivity contribution in [3.63, 3.8) is 0 Å². The molecule has 1 aliphatic rings. The van der Waals surface area contributed by atoms with Crippen LogP contribution in [0.25, 0.3) is 0 Å². The zero-order chi connectivity index (χ0) is 14.6. The largest absolute Gasteiger partial charge is 0.497 e. The van der Waals surface area contributed by atoms with Crippen LogP contribution >= 0.6 is 0 Å². The monoisotopic (exact) mass is 279 g/mol. The number of hydrogen-bond donors (Lipinski definition) is 1. The molecule has 0 spiro atoms. The minimum atomic E-state index is -0.0122. The number of methoxy groups -OCH3 is 1. The van der Waals surface area contributed by atoms with Crippen LogP contribution in [0, 0.1) is 0 Å². The molecule has 0 radical (unpaired) electrons. The Hall–Kier alpha value is -1.26. The zero-order valence-corrected chi connectivity index (χ0v) is 12.9. The summed E-state index contributed by atoms with van der Waals surface area (Å²) in [6, 6.07) is 5.89. The normalized spacial score (nSPS) is 20.9. The van der Waals surface area contributed by atoms with E-state index in [2.05, 4.69) is 19.2 Å². The second-order valence-corrected chi connectivity index (χ2v) is 5.85. The van der Waals surface area contributed by atoms with E-state index in [1.54, 1.807) is 7.11 Å². The van der Waals surface area contributed by atoms with Gasteiger partial charge in [-0.15, -0.1) is 0 Å². The van der Waals surface area contributed by atoms with Crippen LogP contribution in [0.3, 0.4) is 0 Å². The summed E-state index contributed by atoms with van der Waals surface area (Å²) in [5.74, 6) is 1.74. The molecule has 1 saturated heterocycles. The minimum Gasteiger partial charge on any atom is -0.497 e. The predicted molar refractivity (Wildman–Crippen MR) is 79.4 cm³/mol. The zero-order valence-electron chi connectivity index (χ0n) is 12.9. The molecule has 1 unspecified atom stereocenters. The number of rotatable bonds is 6. The van der Waals surface area contributed by atoms with Crippen molar-refractivity contribution in [3.8, 4) is 11.5 Å². The maximum Gasteiger partial charge on any atom is 0.124 e. The van der Waals surface area contributed by atoms with Crippen molar-refractivity contribution in [1.82, 2.24) is 5.32 Å². The molecule has 4 nitrogen and oxygen atoms in total. The van der Waals surface area contributed by atoms with Gasteiger partial charge in [-0.3, -0.25) is 0 Å². The topological polar surface area (TPSA) is 39.7 Å². The van der Waals surface area contributed by atoms with Crippen LogP contribution in [0.1, 0.15) is 32.3 Å². The fraction of sp³-hybridized carbons (Fsp3) is 0.625. The lowest BCUT2D eigenvalue weighted by atomic mass is 10.1. The fourth-order valence-electron chi connectivity index (χ4n) is 2.53. The van der Waals surface area contributed by atoms with Crippen molar-refractivity contribution in [2.75, 3.05) is 20.8 Å². The fourth-order valence-corrected chi connectivity index (χ4v) is 2.53. The Morgan fingerprint density at radius 2 is 2.20 bits per heavy atom. The number of nitrogens with one attached hydrogen (secondary N) is 1. The van der Waals surface area contributed by atoms with E-state index in [9.17, 15) is 0 Å². The molecule has 1 heterocycles. The summed E-state index contributed by atoms with van der Waals surface area (Å²) in [6.45, 7) is 5.62. The van der Waals surface area contributed by atoms with Gasteiger partial charge in [-0.1, -0.05) is 0 Å². The standard InChI is InChI=1S/C16H25NO3/c1-16(2)8-7-14(20-16)11-19-15-6-5-13(18-4)9-12(15)10-17-3/h5-6,9,14,17H,7-8,10-11H2,1-4H3. The highest BCUT2D eigenvalue weighted by Gasteiger charge is 2.31. The SMILES string of the molecule is CNCc1cc(OC)ccc1OCC1CCC(C)(C)O1. The van der Waals surface area contributed by atoms with Gasteiger partial charge in [-0.2, -0.15) is 0 Å². The number of hydrogen-bond acceptors (Lipinski definition) is 4.